The predicted octanol–water partition coefficient (Wildman–Crippen LogP) is 5.26. The van der Waals surface area contributed by atoms with E-state index in [0.29, 0.717) is 12.0 Å². The Morgan fingerprint density at radius 3 is 2.81 bits per heavy atom. The second-order valence-corrected chi connectivity index (χ2v) is 6.50. The van der Waals surface area contributed by atoms with E-state index in [2.05, 4.69) is 60.7 Å². The highest BCUT2D eigenvalue weighted by Crippen LogP contribution is 2.30. The molecular formula is C17H20N2OS. The van der Waals surface area contributed by atoms with Gasteiger partial charge in [-0.15, -0.1) is 11.3 Å². The first-order valence-electron chi connectivity index (χ1n) is 7.36. The third-order valence-electron chi connectivity index (χ3n) is 3.57. The fourth-order valence-corrected chi connectivity index (χ4v) is 3.38. The molecule has 3 nitrogen and oxygen atoms in total. The first-order valence-corrected chi connectivity index (χ1v) is 8.24. The molecule has 21 heavy (non-hydrogen) atoms. The average molecular weight is 300 g/mol. The smallest absolute Gasteiger partial charge is 0.195 e. The summed E-state index contributed by atoms with van der Waals surface area (Å²) in [5.74, 6) is 1.31. The zero-order valence-electron chi connectivity index (χ0n) is 12.6. The molecule has 110 valence electrons. The van der Waals surface area contributed by atoms with E-state index < -0.39 is 0 Å². The van der Waals surface area contributed by atoms with Crippen LogP contribution in [-0.4, -0.2) is 4.98 Å². The van der Waals surface area contributed by atoms with Crippen LogP contribution in [0.3, 0.4) is 0 Å². The Kier molecular flexibility index (Phi) is 3.97. The SMILES string of the molecule is CCc1nc2cc(NC(c3cccs3)C(C)C)ccc2o1. The fourth-order valence-electron chi connectivity index (χ4n) is 2.43. The molecule has 1 N–H and O–H groups in total. The molecule has 0 radical (unpaired) electrons. The van der Waals surface area contributed by atoms with Crippen LogP contribution < -0.4 is 5.32 Å². The summed E-state index contributed by atoms with van der Waals surface area (Å²) >= 11 is 1.79. The van der Waals surface area contributed by atoms with Crippen LogP contribution in [0.4, 0.5) is 5.69 Å². The molecule has 0 saturated carbocycles. The van der Waals surface area contributed by atoms with Crippen molar-refractivity contribution in [3.63, 3.8) is 0 Å². The van der Waals surface area contributed by atoms with E-state index in [1.165, 1.54) is 4.88 Å². The molecule has 1 atom stereocenters. The van der Waals surface area contributed by atoms with Crippen LogP contribution >= 0.6 is 11.3 Å². The van der Waals surface area contributed by atoms with Gasteiger partial charge in [0.15, 0.2) is 11.5 Å². The number of nitrogens with zero attached hydrogens (tertiary/aromatic N) is 1. The Labute approximate surface area is 129 Å². The van der Waals surface area contributed by atoms with Gasteiger partial charge < -0.3 is 9.73 Å². The van der Waals surface area contributed by atoms with Crippen molar-refractivity contribution in [2.24, 2.45) is 5.92 Å². The van der Waals surface area contributed by atoms with Gasteiger partial charge in [-0.1, -0.05) is 26.8 Å². The Balaban J connectivity index is 1.89. The normalized spacial score (nSPS) is 13.0. The van der Waals surface area contributed by atoms with Crippen molar-refractivity contribution in [3.8, 4) is 0 Å². The van der Waals surface area contributed by atoms with E-state index in [9.17, 15) is 0 Å². The highest BCUT2D eigenvalue weighted by atomic mass is 32.1. The summed E-state index contributed by atoms with van der Waals surface area (Å²) in [5, 5.41) is 5.75. The lowest BCUT2D eigenvalue weighted by Crippen LogP contribution is -2.15. The Hall–Kier alpha value is -1.81. The lowest BCUT2D eigenvalue weighted by molar-refractivity contribution is 0.538. The molecule has 3 aromatic rings. The maximum Gasteiger partial charge on any atom is 0.195 e. The minimum atomic E-state index is 0.319. The van der Waals surface area contributed by atoms with Gasteiger partial charge in [0.1, 0.15) is 5.52 Å². The third-order valence-corrected chi connectivity index (χ3v) is 4.53. The van der Waals surface area contributed by atoms with Crippen molar-refractivity contribution >= 4 is 28.1 Å². The van der Waals surface area contributed by atoms with Crippen molar-refractivity contribution in [3.05, 3.63) is 46.5 Å². The number of rotatable bonds is 5. The largest absolute Gasteiger partial charge is 0.441 e. The minimum absolute atomic E-state index is 0.319. The molecule has 3 rings (SSSR count). The zero-order valence-corrected chi connectivity index (χ0v) is 13.4. The molecule has 0 spiro atoms. The molecule has 0 saturated heterocycles. The fraction of sp³-hybridized carbons (Fsp3) is 0.353. The van der Waals surface area contributed by atoms with Gasteiger partial charge in [0.25, 0.3) is 0 Å². The molecule has 1 unspecified atom stereocenters. The summed E-state index contributed by atoms with van der Waals surface area (Å²) in [6.45, 7) is 6.53. The molecule has 1 aromatic carbocycles. The van der Waals surface area contributed by atoms with E-state index in [1.54, 1.807) is 11.3 Å². The van der Waals surface area contributed by atoms with E-state index in [0.717, 1.165) is 29.1 Å². The van der Waals surface area contributed by atoms with Crippen LogP contribution in [0.5, 0.6) is 0 Å². The quantitative estimate of drug-likeness (QED) is 0.698. The second kappa shape index (κ2) is 5.90. The molecule has 4 heteroatoms. The molecule has 0 aliphatic heterocycles. The monoisotopic (exact) mass is 300 g/mol. The molecule has 0 fully saturated rings. The maximum atomic E-state index is 5.66. The van der Waals surface area contributed by atoms with Gasteiger partial charge in [0.05, 0.1) is 6.04 Å². The molecule has 0 amide bonds. The van der Waals surface area contributed by atoms with Crippen LogP contribution in [0.2, 0.25) is 0 Å². The lowest BCUT2D eigenvalue weighted by atomic mass is 10.0. The number of hydrogen-bond acceptors (Lipinski definition) is 4. The number of hydrogen-bond donors (Lipinski definition) is 1. The van der Waals surface area contributed by atoms with Gasteiger partial charge in [0.2, 0.25) is 0 Å². The van der Waals surface area contributed by atoms with E-state index in [-0.39, 0.29) is 0 Å². The van der Waals surface area contributed by atoms with Gasteiger partial charge in [-0.2, -0.15) is 0 Å². The number of thiophene rings is 1. The number of anilines is 1. The van der Waals surface area contributed by atoms with Crippen molar-refractivity contribution in [2.75, 3.05) is 5.32 Å². The topological polar surface area (TPSA) is 38.1 Å². The van der Waals surface area contributed by atoms with Crippen molar-refractivity contribution < 1.29 is 4.42 Å². The van der Waals surface area contributed by atoms with Gasteiger partial charge in [-0.05, 0) is 35.6 Å². The number of aromatic nitrogens is 1. The Morgan fingerprint density at radius 1 is 1.29 bits per heavy atom. The number of oxazole rings is 1. The predicted molar refractivity (Wildman–Crippen MR) is 88.9 cm³/mol. The van der Waals surface area contributed by atoms with Crippen LogP contribution in [0.25, 0.3) is 11.1 Å². The van der Waals surface area contributed by atoms with E-state index >= 15 is 0 Å². The van der Waals surface area contributed by atoms with E-state index in [1.807, 2.05) is 6.07 Å². The number of nitrogens with one attached hydrogen (secondary N) is 1. The minimum Gasteiger partial charge on any atom is -0.441 e. The van der Waals surface area contributed by atoms with Crippen LogP contribution in [0, 0.1) is 5.92 Å². The summed E-state index contributed by atoms with van der Waals surface area (Å²) in [6, 6.07) is 10.7. The molecule has 0 aliphatic rings. The lowest BCUT2D eigenvalue weighted by Gasteiger charge is -2.22. The van der Waals surface area contributed by atoms with Crippen molar-refractivity contribution in [2.45, 2.75) is 33.2 Å². The van der Waals surface area contributed by atoms with Gasteiger partial charge >= 0.3 is 0 Å². The summed E-state index contributed by atoms with van der Waals surface area (Å²) in [6.07, 6.45) is 0.821. The highest BCUT2D eigenvalue weighted by Gasteiger charge is 2.17. The first-order chi connectivity index (χ1) is 10.2. The Morgan fingerprint density at radius 2 is 2.14 bits per heavy atom. The molecule has 2 aromatic heterocycles. The number of benzene rings is 1. The van der Waals surface area contributed by atoms with Crippen LogP contribution in [0.15, 0.2) is 40.1 Å². The second-order valence-electron chi connectivity index (χ2n) is 5.53. The molecule has 0 bridgehead atoms. The van der Waals surface area contributed by atoms with Crippen LogP contribution in [0.1, 0.15) is 37.6 Å². The van der Waals surface area contributed by atoms with Crippen LogP contribution in [-0.2, 0) is 6.42 Å². The van der Waals surface area contributed by atoms with Gasteiger partial charge in [-0.25, -0.2) is 4.98 Å². The number of aryl methyl sites for hydroxylation is 1. The van der Waals surface area contributed by atoms with Gasteiger partial charge in [0, 0.05) is 17.0 Å². The summed E-state index contributed by atoms with van der Waals surface area (Å²) in [5.41, 5.74) is 2.87. The van der Waals surface area contributed by atoms with Crippen molar-refractivity contribution in [1.82, 2.24) is 4.98 Å². The summed E-state index contributed by atoms with van der Waals surface area (Å²) in [7, 11) is 0. The standard InChI is InChI=1S/C17H20N2OS/c1-4-16-19-13-10-12(7-8-14(13)20-16)18-17(11(2)3)15-6-5-9-21-15/h5-11,17-18H,4H2,1-3H3. The maximum absolute atomic E-state index is 5.66. The third kappa shape index (κ3) is 2.95. The van der Waals surface area contributed by atoms with Gasteiger partial charge in [-0.3, -0.25) is 0 Å². The summed E-state index contributed by atoms with van der Waals surface area (Å²) in [4.78, 5) is 5.86. The van der Waals surface area contributed by atoms with E-state index in [4.69, 9.17) is 4.42 Å². The Bertz CT molecular complexity index is 716. The molecule has 2 heterocycles. The van der Waals surface area contributed by atoms with Crippen molar-refractivity contribution in [1.29, 1.82) is 0 Å². The molecule has 0 aliphatic carbocycles. The zero-order chi connectivity index (χ0) is 14.8. The first kappa shape index (κ1) is 14.1. The molecular weight excluding hydrogens is 280 g/mol. The summed E-state index contributed by atoms with van der Waals surface area (Å²) < 4.78 is 5.66. The number of fused-ring (bicyclic) bond motifs is 1. The highest BCUT2D eigenvalue weighted by molar-refractivity contribution is 7.10. The average Bonchev–Trinajstić information content (AvgIpc) is 3.12.